The van der Waals surface area contributed by atoms with Crippen molar-refractivity contribution in [1.82, 2.24) is 0 Å². The first-order valence-electron chi connectivity index (χ1n) is 6.06. The number of rotatable bonds is 1. The zero-order chi connectivity index (χ0) is 13.2. The third-order valence-electron chi connectivity index (χ3n) is 3.27. The van der Waals surface area contributed by atoms with Gasteiger partial charge in [0.05, 0.1) is 0 Å². The van der Waals surface area contributed by atoms with Crippen molar-refractivity contribution in [3.63, 3.8) is 0 Å². The van der Waals surface area contributed by atoms with Gasteiger partial charge in [0.25, 0.3) is 0 Å². The van der Waals surface area contributed by atoms with Crippen LogP contribution in [0.4, 0.5) is 0 Å². The van der Waals surface area contributed by atoms with E-state index in [0.29, 0.717) is 0 Å². The van der Waals surface area contributed by atoms with Gasteiger partial charge in [-0.25, -0.2) is 0 Å². The maximum Gasteiger partial charge on any atom is 0.482 e. The Morgan fingerprint density at radius 2 is 1.11 bits per heavy atom. The van der Waals surface area contributed by atoms with Gasteiger partial charge < -0.3 is 10.0 Å². The van der Waals surface area contributed by atoms with Crippen LogP contribution in [0.1, 0.15) is 0 Å². The van der Waals surface area contributed by atoms with Crippen molar-refractivity contribution in [2.75, 3.05) is 0 Å². The van der Waals surface area contributed by atoms with E-state index in [-0.39, 0.29) is 7.69 Å². The Bertz CT molecular complexity index is 717. The van der Waals surface area contributed by atoms with Crippen molar-refractivity contribution in [1.29, 1.82) is 0 Å². The van der Waals surface area contributed by atoms with Gasteiger partial charge in [-0.05, 0) is 57.3 Å². The van der Waals surface area contributed by atoms with Crippen LogP contribution in [0.25, 0.3) is 33.0 Å². The van der Waals surface area contributed by atoms with E-state index in [4.69, 9.17) is 10.0 Å². The molecule has 0 unspecified atom stereocenters. The Morgan fingerprint density at radius 3 is 1.74 bits per heavy atom. The van der Waals surface area contributed by atoms with E-state index in [9.17, 15) is 0 Å². The van der Waals surface area contributed by atoms with E-state index in [1.165, 1.54) is 33.0 Å². The minimum atomic E-state index is 0. The molecule has 0 saturated heterocycles. The van der Waals surface area contributed by atoms with Crippen molar-refractivity contribution in [2.45, 2.75) is 0 Å². The summed E-state index contributed by atoms with van der Waals surface area (Å²) in [5, 5.41) is 16.6. The topological polar surface area (TPSA) is 40.5 Å². The molecule has 1 radical (unpaired) electrons. The standard InChI is InChI=1S/C16H10.BH2O2/c1-2-4-12-7-13(6-5-11(12)3-1)14-8-15-10-16(15)9-14;2-1-3/h1-10H;2-3H. The molecular weight excluding hydrogens is 235 g/mol. The Kier molecular flexibility index (Phi) is 3.07. The number of hydrogen-bond donors (Lipinski definition) is 2. The van der Waals surface area contributed by atoms with Crippen LogP contribution < -0.4 is 0 Å². The quantitative estimate of drug-likeness (QED) is 0.507. The van der Waals surface area contributed by atoms with Crippen LogP contribution in [-0.2, 0) is 0 Å². The van der Waals surface area contributed by atoms with Crippen LogP contribution in [-0.4, -0.2) is 17.7 Å². The molecule has 0 bridgehead atoms. The molecule has 2 aliphatic carbocycles. The lowest BCUT2D eigenvalue weighted by molar-refractivity contribution is 0.448. The Balaban J connectivity index is 0.000000339. The molecule has 91 valence electrons. The van der Waals surface area contributed by atoms with Crippen LogP contribution in [0.5, 0.6) is 0 Å². The largest absolute Gasteiger partial charge is 0.482 e. The molecule has 0 atom stereocenters. The lowest BCUT2D eigenvalue weighted by atomic mass is 10.0. The maximum absolute atomic E-state index is 7.00. The van der Waals surface area contributed by atoms with Gasteiger partial charge in [0.1, 0.15) is 0 Å². The summed E-state index contributed by atoms with van der Waals surface area (Å²) >= 11 is 0. The fourth-order valence-electron chi connectivity index (χ4n) is 2.29. The fraction of sp³-hybridized carbons (Fsp3) is 0. The van der Waals surface area contributed by atoms with Crippen LogP contribution in [0.15, 0.2) is 60.7 Å². The van der Waals surface area contributed by atoms with Crippen molar-refractivity contribution >= 4 is 18.5 Å². The summed E-state index contributed by atoms with van der Waals surface area (Å²) in [5.41, 5.74) is 5.48. The summed E-state index contributed by atoms with van der Waals surface area (Å²) < 4.78 is 0. The first-order chi connectivity index (χ1) is 9.31. The van der Waals surface area contributed by atoms with E-state index in [1.54, 1.807) is 0 Å². The second-order valence-corrected chi connectivity index (χ2v) is 4.48. The highest BCUT2D eigenvalue weighted by atomic mass is 16.4. The summed E-state index contributed by atoms with van der Waals surface area (Å²) in [4.78, 5) is 0. The Hall–Kier alpha value is -2.10. The zero-order valence-electron chi connectivity index (χ0n) is 10.2. The molecule has 2 nitrogen and oxygen atoms in total. The van der Waals surface area contributed by atoms with E-state index in [2.05, 4.69) is 60.7 Å². The average molecular weight is 247 g/mol. The highest BCUT2D eigenvalue weighted by molar-refractivity contribution is 6.13. The monoisotopic (exact) mass is 247 g/mol. The van der Waals surface area contributed by atoms with Gasteiger partial charge in [-0.2, -0.15) is 0 Å². The van der Waals surface area contributed by atoms with Crippen molar-refractivity contribution < 1.29 is 10.0 Å². The normalized spacial score (nSPS) is 10.6. The zero-order valence-corrected chi connectivity index (χ0v) is 10.2. The highest BCUT2D eigenvalue weighted by Gasteiger charge is 2.14. The summed E-state index contributed by atoms with van der Waals surface area (Å²) in [6.45, 7) is 0. The third-order valence-corrected chi connectivity index (χ3v) is 3.27. The van der Waals surface area contributed by atoms with Gasteiger partial charge >= 0.3 is 7.69 Å². The lowest BCUT2D eigenvalue weighted by Crippen LogP contribution is -1.75. The van der Waals surface area contributed by atoms with Crippen molar-refractivity contribution in [3.8, 4) is 22.3 Å². The molecule has 0 aliphatic heterocycles. The predicted octanol–water partition coefficient (Wildman–Crippen LogP) is 2.99. The third kappa shape index (κ3) is 2.39. The summed E-state index contributed by atoms with van der Waals surface area (Å²) in [7, 11) is 0. The molecule has 0 amide bonds. The second kappa shape index (κ2) is 4.88. The Labute approximate surface area is 112 Å². The van der Waals surface area contributed by atoms with Gasteiger partial charge in [-0.1, -0.05) is 36.4 Å². The molecule has 0 heterocycles. The minimum Gasteiger partial charge on any atom is -0.429 e. The number of benzene rings is 3. The minimum absolute atomic E-state index is 0. The predicted molar refractivity (Wildman–Crippen MR) is 78.6 cm³/mol. The van der Waals surface area contributed by atoms with Crippen molar-refractivity contribution in [3.05, 3.63) is 60.7 Å². The smallest absolute Gasteiger partial charge is 0.429 e. The molecule has 0 spiro atoms. The van der Waals surface area contributed by atoms with E-state index in [0.717, 1.165) is 0 Å². The molecule has 2 N–H and O–H groups in total. The Morgan fingerprint density at radius 1 is 0.579 bits per heavy atom. The van der Waals surface area contributed by atoms with Crippen LogP contribution >= 0.6 is 0 Å². The molecule has 2 aromatic rings. The van der Waals surface area contributed by atoms with E-state index < -0.39 is 0 Å². The molecule has 0 saturated carbocycles. The van der Waals surface area contributed by atoms with Gasteiger partial charge in [0.2, 0.25) is 0 Å². The van der Waals surface area contributed by atoms with Crippen LogP contribution in [0, 0.1) is 0 Å². The first kappa shape index (κ1) is 12.0. The van der Waals surface area contributed by atoms with E-state index in [1.807, 2.05) is 0 Å². The lowest BCUT2D eigenvalue weighted by Gasteiger charge is -2.01. The summed E-state index contributed by atoms with van der Waals surface area (Å²) in [6, 6.07) is 21.9. The van der Waals surface area contributed by atoms with Crippen LogP contribution in [0.3, 0.4) is 0 Å². The van der Waals surface area contributed by atoms with Crippen molar-refractivity contribution in [2.24, 2.45) is 0 Å². The SMILES string of the molecule is O[B]O.c1ccc2cc(-c3cc4cc-4c3)ccc2c1. The average Bonchev–Trinajstić information content (AvgIpc) is 3.05. The van der Waals surface area contributed by atoms with Gasteiger partial charge in [-0.15, -0.1) is 0 Å². The van der Waals surface area contributed by atoms with Gasteiger partial charge in [0.15, 0.2) is 0 Å². The molecule has 3 heteroatoms. The highest BCUT2D eigenvalue weighted by Crippen LogP contribution is 2.40. The number of hydrogen-bond acceptors (Lipinski definition) is 2. The molecule has 19 heavy (non-hydrogen) atoms. The first-order valence-corrected chi connectivity index (χ1v) is 6.06. The molecule has 2 aromatic carbocycles. The molecular formula is C16H12BO2. The second-order valence-electron chi connectivity index (χ2n) is 4.48. The summed E-state index contributed by atoms with van der Waals surface area (Å²) in [5.74, 6) is 0. The van der Waals surface area contributed by atoms with Crippen LogP contribution in [0.2, 0.25) is 0 Å². The van der Waals surface area contributed by atoms with Gasteiger partial charge in [-0.3, -0.25) is 0 Å². The maximum atomic E-state index is 7.00. The molecule has 2 aliphatic rings. The fourth-order valence-corrected chi connectivity index (χ4v) is 2.29. The molecule has 0 fully saturated rings. The number of fused-ring (bicyclic) bond motifs is 2. The van der Waals surface area contributed by atoms with Gasteiger partial charge in [0, 0.05) is 0 Å². The van der Waals surface area contributed by atoms with E-state index >= 15 is 0 Å². The summed E-state index contributed by atoms with van der Waals surface area (Å²) in [6.07, 6.45) is 0. The molecule has 4 rings (SSSR count). The molecule has 0 aromatic heterocycles.